The van der Waals surface area contributed by atoms with E-state index in [2.05, 4.69) is 18.0 Å². The number of pyridine rings is 1. The van der Waals surface area contributed by atoms with Crippen LogP contribution in [0.5, 0.6) is 0 Å². The number of aryl methyl sites for hydroxylation is 1. The number of aromatic nitrogens is 2. The third kappa shape index (κ3) is 4.56. The fourth-order valence-corrected chi connectivity index (χ4v) is 5.27. The highest BCUT2D eigenvalue weighted by atomic mass is 32.2. The average molecular weight is 466 g/mol. The van der Waals surface area contributed by atoms with Gasteiger partial charge in [-0.05, 0) is 54.4 Å². The minimum Gasteiger partial charge on any atom is -0.278 e. The number of carbonyl (C=O) groups is 1. The third-order valence-electron chi connectivity index (χ3n) is 5.19. The Morgan fingerprint density at radius 2 is 1.88 bits per heavy atom. The molecule has 0 saturated heterocycles. The highest BCUT2D eigenvalue weighted by molar-refractivity contribution is 7.91. The van der Waals surface area contributed by atoms with Gasteiger partial charge in [0.1, 0.15) is 0 Å². The number of benzene rings is 2. The largest absolute Gasteiger partial charge is 0.278 e. The van der Waals surface area contributed by atoms with Crippen molar-refractivity contribution in [3.8, 4) is 0 Å². The van der Waals surface area contributed by atoms with Gasteiger partial charge in [0.15, 0.2) is 15.0 Å². The van der Waals surface area contributed by atoms with E-state index >= 15 is 0 Å². The summed E-state index contributed by atoms with van der Waals surface area (Å²) in [5.74, 6) is -0.349. The Hall–Kier alpha value is -3.10. The van der Waals surface area contributed by atoms with Crippen molar-refractivity contribution in [1.82, 2.24) is 9.97 Å². The lowest BCUT2D eigenvalue weighted by atomic mass is 10.2. The summed E-state index contributed by atoms with van der Waals surface area (Å²) in [6, 6.07) is 17.8. The first kappa shape index (κ1) is 22.1. The molecule has 0 radical (unpaired) electrons. The fraction of sp³-hybridized carbons (Fsp3) is 0.208. The van der Waals surface area contributed by atoms with Crippen molar-refractivity contribution in [3.63, 3.8) is 0 Å². The molecule has 0 N–H and O–H groups in total. The summed E-state index contributed by atoms with van der Waals surface area (Å²) >= 11 is 1.44. The molecule has 0 saturated carbocycles. The van der Waals surface area contributed by atoms with Gasteiger partial charge in [-0.3, -0.25) is 14.7 Å². The molecule has 0 fully saturated rings. The zero-order valence-corrected chi connectivity index (χ0v) is 19.5. The molecular formula is C24H23N3O3S2. The summed E-state index contributed by atoms with van der Waals surface area (Å²) in [5.41, 5.74) is 3.03. The molecule has 0 atom stereocenters. The van der Waals surface area contributed by atoms with E-state index in [0.717, 1.165) is 16.6 Å². The van der Waals surface area contributed by atoms with E-state index in [-0.39, 0.29) is 23.1 Å². The van der Waals surface area contributed by atoms with E-state index in [1.807, 2.05) is 30.3 Å². The van der Waals surface area contributed by atoms with Crippen LogP contribution in [0.2, 0.25) is 0 Å². The first-order chi connectivity index (χ1) is 15.4. The molecule has 0 unspecified atom stereocenters. The van der Waals surface area contributed by atoms with E-state index in [1.54, 1.807) is 30.2 Å². The first-order valence-electron chi connectivity index (χ1n) is 10.4. The van der Waals surface area contributed by atoms with E-state index in [1.165, 1.54) is 29.0 Å². The summed E-state index contributed by atoms with van der Waals surface area (Å²) in [6.07, 6.45) is 2.59. The first-order valence-corrected chi connectivity index (χ1v) is 12.8. The van der Waals surface area contributed by atoms with Gasteiger partial charge in [0.05, 0.1) is 33.1 Å². The Kier molecular flexibility index (Phi) is 6.34. The van der Waals surface area contributed by atoms with Crippen molar-refractivity contribution in [1.29, 1.82) is 0 Å². The molecule has 6 nitrogen and oxygen atoms in total. The number of fused-ring (bicyclic) bond motifs is 1. The molecule has 2 aromatic carbocycles. The van der Waals surface area contributed by atoms with E-state index < -0.39 is 9.84 Å². The topological polar surface area (TPSA) is 80.2 Å². The van der Waals surface area contributed by atoms with E-state index in [4.69, 9.17) is 4.98 Å². The molecular weight excluding hydrogens is 442 g/mol. The molecule has 4 aromatic rings. The molecule has 0 bridgehead atoms. The number of hydrogen-bond donors (Lipinski definition) is 0. The van der Waals surface area contributed by atoms with Gasteiger partial charge in [-0.1, -0.05) is 43.4 Å². The van der Waals surface area contributed by atoms with Gasteiger partial charge in [0.25, 0.3) is 5.91 Å². The molecule has 8 heteroatoms. The number of thiazole rings is 1. The minimum absolute atomic E-state index is 0.0279. The maximum absolute atomic E-state index is 13.6. The van der Waals surface area contributed by atoms with Crippen LogP contribution in [0.25, 0.3) is 10.2 Å². The van der Waals surface area contributed by atoms with Crippen LogP contribution in [0.1, 0.15) is 35.5 Å². The highest BCUT2D eigenvalue weighted by Gasteiger charge is 2.24. The van der Waals surface area contributed by atoms with Gasteiger partial charge < -0.3 is 0 Å². The number of hydrogen-bond acceptors (Lipinski definition) is 6. The van der Waals surface area contributed by atoms with Crippen molar-refractivity contribution in [2.45, 2.75) is 31.7 Å². The normalized spacial score (nSPS) is 11.6. The second kappa shape index (κ2) is 9.18. The van der Waals surface area contributed by atoms with E-state index in [0.29, 0.717) is 16.4 Å². The summed E-state index contributed by atoms with van der Waals surface area (Å²) in [6.45, 7) is 3.91. The third-order valence-corrected chi connectivity index (χ3v) is 7.97. The minimum atomic E-state index is -3.43. The number of carbonyl (C=O) groups excluding carboxylic acids is 1. The second-order valence-electron chi connectivity index (χ2n) is 7.30. The number of nitrogens with zero attached hydrogens (tertiary/aromatic N) is 3. The number of anilines is 1. The van der Waals surface area contributed by atoms with Crippen LogP contribution in [0, 0.1) is 0 Å². The Bertz CT molecular complexity index is 1370. The van der Waals surface area contributed by atoms with Crippen LogP contribution in [-0.4, -0.2) is 30.0 Å². The molecule has 2 heterocycles. The molecule has 2 aromatic heterocycles. The summed E-state index contributed by atoms with van der Waals surface area (Å²) in [4.78, 5) is 24.3. The molecule has 164 valence electrons. The van der Waals surface area contributed by atoms with Crippen molar-refractivity contribution >= 4 is 42.4 Å². The summed E-state index contributed by atoms with van der Waals surface area (Å²) in [7, 11) is -3.43. The average Bonchev–Trinajstić information content (AvgIpc) is 3.25. The number of amides is 1. The van der Waals surface area contributed by atoms with Crippen LogP contribution >= 0.6 is 11.3 Å². The van der Waals surface area contributed by atoms with E-state index in [9.17, 15) is 13.2 Å². The summed E-state index contributed by atoms with van der Waals surface area (Å²) < 4.78 is 25.7. The van der Waals surface area contributed by atoms with Gasteiger partial charge in [0.2, 0.25) is 0 Å². The zero-order chi connectivity index (χ0) is 22.7. The lowest BCUT2D eigenvalue weighted by Crippen LogP contribution is -2.30. The Morgan fingerprint density at radius 3 is 2.59 bits per heavy atom. The lowest BCUT2D eigenvalue weighted by Gasteiger charge is -2.20. The van der Waals surface area contributed by atoms with Gasteiger partial charge in [-0.25, -0.2) is 13.4 Å². The second-order valence-corrected chi connectivity index (χ2v) is 10.6. The van der Waals surface area contributed by atoms with Crippen molar-refractivity contribution in [3.05, 3.63) is 83.7 Å². The molecule has 0 spiro atoms. The van der Waals surface area contributed by atoms with Crippen LogP contribution in [0.3, 0.4) is 0 Å². The standard InChI is InChI=1S/C24H23N3O3S2/c1-3-17-11-12-21-22(14-17)31-24(26-21)27(16-19-9-5-6-13-25-19)23(28)18-8-7-10-20(15-18)32(29,30)4-2/h5-15H,3-4,16H2,1-2H3. The SMILES string of the molecule is CCc1ccc2nc(N(Cc3ccccn3)C(=O)c3cccc(S(=O)(=O)CC)c3)sc2c1. The predicted molar refractivity (Wildman–Crippen MR) is 128 cm³/mol. The van der Waals surface area contributed by atoms with Crippen molar-refractivity contribution < 1.29 is 13.2 Å². The van der Waals surface area contributed by atoms with Crippen molar-refractivity contribution in [2.75, 3.05) is 10.7 Å². The lowest BCUT2D eigenvalue weighted by molar-refractivity contribution is 0.0984. The quantitative estimate of drug-likeness (QED) is 0.388. The smallest absolute Gasteiger partial charge is 0.260 e. The Morgan fingerprint density at radius 1 is 1.03 bits per heavy atom. The molecule has 32 heavy (non-hydrogen) atoms. The predicted octanol–water partition coefficient (Wildman–Crippen LogP) is 4.89. The molecule has 0 aliphatic carbocycles. The monoisotopic (exact) mass is 465 g/mol. The van der Waals surface area contributed by atoms with Crippen LogP contribution in [0.15, 0.2) is 71.8 Å². The number of rotatable bonds is 7. The molecule has 4 rings (SSSR count). The van der Waals surface area contributed by atoms with Gasteiger partial charge >= 0.3 is 0 Å². The maximum Gasteiger partial charge on any atom is 0.260 e. The highest BCUT2D eigenvalue weighted by Crippen LogP contribution is 2.31. The molecule has 0 aliphatic heterocycles. The Labute approximate surface area is 191 Å². The van der Waals surface area contributed by atoms with Crippen LogP contribution in [-0.2, 0) is 22.8 Å². The number of sulfone groups is 1. The molecule has 0 aliphatic rings. The zero-order valence-electron chi connectivity index (χ0n) is 17.9. The van der Waals surface area contributed by atoms with Crippen LogP contribution < -0.4 is 4.90 Å². The van der Waals surface area contributed by atoms with Gasteiger partial charge in [-0.2, -0.15) is 0 Å². The van der Waals surface area contributed by atoms with Gasteiger partial charge in [0, 0.05) is 11.8 Å². The van der Waals surface area contributed by atoms with Crippen LogP contribution in [0.4, 0.5) is 5.13 Å². The molecule has 1 amide bonds. The summed E-state index contributed by atoms with van der Waals surface area (Å²) in [5, 5.41) is 0.549. The maximum atomic E-state index is 13.6. The van der Waals surface area contributed by atoms with Gasteiger partial charge in [-0.15, -0.1) is 0 Å². The Balaban J connectivity index is 1.78. The fourth-order valence-electron chi connectivity index (χ4n) is 3.32. The van der Waals surface area contributed by atoms with Crippen molar-refractivity contribution in [2.24, 2.45) is 0 Å².